The Hall–Kier alpha value is -0.940. The molecule has 0 radical (unpaired) electrons. The second-order valence-electron chi connectivity index (χ2n) is 3.42. The van der Waals surface area contributed by atoms with Crippen LogP contribution >= 0.6 is 0 Å². The summed E-state index contributed by atoms with van der Waals surface area (Å²) in [5.41, 5.74) is 5.60. The second-order valence-corrected chi connectivity index (χ2v) is 3.42. The van der Waals surface area contributed by atoms with Crippen molar-refractivity contribution in [3.8, 4) is 0 Å². The highest BCUT2D eigenvalue weighted by Gasteiger charge is 2.10. The standard InChI is InChI=1S/C9H17N3O2/c1-6(13-3)4-5-8-11-9(7(2)10)12-14-8/h6-7H,4-5,10H2,1-3H3. The van der Waals surface area contributed by atoms with E-state index in [9.17, 15) is 0 Å². The van der Waals surface area contributed by atoms with Crippen LogP contribution in [0, 0.1) is 0 Å². The molecule has 1 rings (SSSR count). The van der Waals surface area contributed by atoms with Crippen LogP contribution in [0.15, 0.2) is 4.52 Å². The topological polar surface area (TPSA) is 74.2 Å². The molecule has 0 aliphatic carbocycles. The van der Waals surface area contributed by atoms with Crippen molar-refractivity contribution >= 4 is 0 Å². The Morgan fingerprint density at radius 1 is 1.50 bits per heavy atom. The van der Waals surface area contributed by atoms with E-state index in [-0.39, 0.29) is 12.1 Å². The largest absolute Gasteiger partial charge is 0.382 e. The first-order valence-electron chi connectivity index (χ1n) is 4.74. The summed E-state index contributed by atoms with van der Waals surface area (Å²) in [5.74, 6) is 1.19. The van der Waals surface area contributed by atoms with Crippen molar-refractivity contribution in [3.63, 3.8) is 0 Å². The molecular weight excluding hydrogens is 182 g/mol. The van der Waals surface area contributed by atoms with Crippen molar-refractivity contribution in [1.29, 1.82) is 0 Å². The first kappa shape index (κ1) is 11.1. The minimum absolute atomic E-state index is 0.174. The molecule has 0 saturated heterocycles. The monoisotopic (exact) mass is 199 g/mol. The van der Waals surface area contributed by atoms with Crippen LogP contribution in [0.4, 0.5) is 0 Å². The van der Waals surface area contributed by atoms with Gasteiger partial charge in [-0.2, -0.15) is 4.98 Å². The first-order chi connectivity index (χ1) is 6.63. The third-order valence-electron chi connectivity index (χ3n) is 2.06. The van der Waals surface area contributed by atoms with Gasteiger partial charge in [0.15, 0.2) is 5.82 Å². The third kappa shape index (κ3) is 3.08. The third-order valence-corrected chi connectivity index (χ3v) is 2.06. The van der Waals surface area contributed by atoms with Crippen molar-refractivity contribution in [2.45, 2.75) is 38.8 Å². The van der Waals surface area contributed by atoms with Crippen LogP contribution in [0.1, 0.15) is 38.0 Å². The lowest BCUT2D eigenvalue weighted by atomic mass is 10.2. The number of rotatable bonds is 5. The van der Waals surface area contributed by atoms with Crippen LogP contribution in [0.5, 0.6) is 0 Å². The molecule has 0 fully saturated rings. The zero-order valence-electron chi connectivity index (χ0n) is 8.86. The van der Waals surface area contributed by atoms with Gasteiger partial charge >= 0.3 is 0 Å². The number of aromatic nitrogens is 2. The fourth-order valence-corrected chi connectivity index (χ4v) is 0.999. The number of nitrogens with zero attached hydrogens (tertiary/aromatic N) is 2. The molecule has 1 heterocycles. The quantitative estimate of drug-likeness (QED) is 0.767. The van der Waals surface area contributed by atoms with Crippen LogP contribution < -0.4 is 5.73 Å². The predicted molar refractivity (Wildman–Crippen MR) is 51.7 cm³/mol. The SMILES string of the molecule is COC(C)CCc1nc(C(C)N)no1. The Balaban J connectivity index is 2.44. The molecule has 2 N–H and O–H groups in total. The van der Waals surface area contributed by atoms with E-state index in [1.54, 1.807) is 7.11 Å². The highest BCUT2D eigenvalue weighted by molar-refractivity contribution is 4.91. The predicted octanol–water partition coefficient (Wildman–Crippen LogP) is 1.06. The number of hydrogen-bond donors (Lipinski definition) is 1. The number of nitrogens with two attached hydrogens (primary N) is 1. The van der Waals surface area contributed by atoms with Gasteiger partial charge in [-0.3, -0.25) is 0 Å². The van der Waals surface area contributed by atoms with Crippen LogP contribution in [0.3, 0.4) is 0 Å². The summed E-state index contributed by atoms with van der Waals surface area (Å²) in [6.45, 7) is 3.83. The number of methoxy groups -OCH3 is 1. The molecule has 0 aromatic carbocycles. The first-order valence-corrected chi connectivity index (χ1v) is 4.74. The van der Waals surface area contributed by atoms with Gasteiger partial charge in [-0.05, 0) is 20.3 Å². The molecule has 0 bridgehead atoms. The molecule has 1 aromatic rings. The smallest absolute Gasteiger partial charge is 0.226 e. The van der Waals surface area contributed by atoms with Crippen molar-refractivity contribution in [2.75, 3.05) is 7.11 Å². The Labute approximate surface area is 83.6 Å². The second kappa shape index (κ2) is 5.07. The zero-order valence-corrected chi connectivity index (χ0v) is 8.86. The molecule has 1 aromatic heterocycles. The molecular formula is C9H17N3O2. The van der Waals surface area contributed by atoms with Crippen molar-refractivity contribution < 1.29 is 9.26 Å². The highest BCUT2D eigenvalue weighted by atomic mass is 16.5. The van der Waals surface area contributed by atoms with E-state index in [2.05, 4.69) is 10.1 Å². The van der Waals surface area contributed by atoms with Gasteiger partial charge in [-0.15, -0.1) is 0 Å². The average Bonchev–Trinajstić information content (AvgIpc) is 2.62. The minimum atomic E-state index is -0.174. The lowest BCUT2D eigenvalue weighted by molar-refractivity contribution is 0.109. The van der Waals surface area contributed by atoms with Gasteiger partial charge in [0.05, 0.1) is 12.1 Å². The molecule has 5 heteroatoms. The number of ether oxygens (including phenoxy) is 1. The minimum Gasteiger partial charge on any atom is -0.382 e. The summed E-state index contributed by atoms with van der Waals surface area (Å²) in [4.78, 5) is 4.16. The van der Waals surface area contributed by atoms with Crippen LogP contribution in [0.25, 0.3) is 0 Å². The molecule has 14 heavy (non-hydrogen) atoms. The Morgan fingerprint density at radius 3 is 2.71 bits per heavy atom. The summed E-state index contributed by atoms with van der Waals surface area (Å²) in [6.07, 6.45) is 1.81. The molecule has 2 atom stereocenters. The van der Waals surface area contributed by atoms with E-state index in [0.29, 0.717) is 11.7 Å². The lowest BCUT2D eigenvalue weighted by Gasteiger charge is -2.05. The summed E-state index contributed by atoms with van der Waals surface area (Å²) in [6, 6.07) is -0.174. The van der Waals surface area contributed by atoms with Crippen LogP contribution in [-0.4, -0.2) is 23.4 Å². The van der Waals surface area contributed by atoms with Gasteiger partial charge in [-0.25, -0.2) is 0 Å². The number of aryl methyl sites for hydroxylation is 1. The van der Waals surface area contributed by atoms with Gasteiger partial charge in [0, 0.05) is 13.5 Å². The maximum atomic E-state index is 5.60. The molecule has 0 aliphatic rings. The summed E-state index contributed by atoms with van der Waals surface area (Å²) < 4.78 is 10.1. The number of hydrogen-bond acceptors (Lipinski definition) is 5. The van der Waals surface area contributed by atoms with E-state index in [0.717, 1.165) is 12.8 Å². The average molecular weight is 199 g/mol. The normalized spacial score (nSPS) is 15.4. The van der Waals surface area contributed by atoms with Gasteiger partial charge < -0.3 is 15.0 Å². The van der Waals surface area contributed by atoms with Crippen molar-refractivity contribution in [2.24, 2.45) is 5.73 Å². The molecule has 0 amide bonds. The van der Waals surface area contributed by atoms with Crippen molar-refractivity contribution in [1.82, 2.24) is 10.1 Å². The van der Waals surface area contributed by atoms with Gasteiger partial charge in [-0.1, -0.05) is 5.16 Å². The van der Waals surface area contributed by atoms with E-state index in [4.69, 9.17) is 15.0 Å². The fourth-order valence-electron chi connectivity index (χ4n) is 0.999. The Bertz CT molecular complexity index is 273. The maximum Gasteiger partial charge on any atom is 0.226 e. The van der Waals surface area contributed by atoms with E-state index < -0.39 is 0 Å². The highest BCUT2D eigenvalue weighted by Crippen LogP contribution is 2.08. The molecule has 0 saturated carbocycles. The zero-order chi connectivity index (χ0) is 10.6. The molecule has 0 aliphatic heterocycles. The van der Waals surface area contributed by atoms with Crippen LogP contribution in [-0.2, 0) is 11.2 Å². The Kier molecular flexibility index (Phi) is 4.03. The van der Waals surface area contributed by atoms with Gasteiger partial charge in [0.25, 0.3) is 0 Å². The molecule has 80 valence electrons. The summed E-state index contributed by atoms with van der Waals surface area (Å²) in [5, 5.41) is 3.77. The van der Waals surface area contributed by atoms with E-state index >= 15 is 0 Å². The fraction of sp³-hybridized carbons (Fsp3) is 0.778. The van der Waals surface area contributed by atoms with E-state index in [1.165, 1.54) is 0 Å². The van der Waals surface area contributed by atoms with Gasteiger partial charge in [0.1, 0.15) is 0 Å². The van der Waals surface area contributed by atoms with Crippen LogP contribution in [0.2, 0.25) is 0 Å². The maximum absolute atomic E-state index is 5.60. The van der Waals surface area contributed by atoms with Gasteiger partial charge in [0.2, 0.25) is 5.89 Å². The summed E-state index contributed by atoms with van der Waals surface area (Å²) >= 11 is 0. The lowest BCUT2D eigenvalue weighted by Crippen LogP contribution is -2.08. The van der Waals surface area contributed by atoms with E-state index in [1.807, 2.05) is 13.8 Å². The molecule has 5 nitrogen and oxygen atoms in total. The Morgan fingerprint density at radius 2 is 2.21 bits per heavy atom. The summed E-state index contributed by atoms with van der Waals surface area (Å²) in [7, 11) is 1.69. The molecule has 2 unspecified atom stereocenters. The molecule has 0 spiro atoms. The van der Waals surface area contributed by atoms with Crippen molar-refractivity contribution in [3.05, 3.63) is 11.7 Å².